The number of likely N-dealkylation sites (tertiary alicyclic amines) is 1. The van der Waals surface area contributed by atoms with E-state index in [1.165, 1.54) is 25.7 Å². The second-order valence-corrected chi connectivity index (χ2v) is 4.98. The van der Waals surface area contributed by atoms with Crippen molar-refractivity contribution in [1.82, 2.24) is 15.5 Å². The van der Waals surface area contributed by atoms with E-state index in [1.54, 1.807) is 0 Å². The molecule has 4 heteroatoms. The minimum atomic E-state index is 0.158. The van der Waals surface area contributed by atoms with Gasteiger partial charge in [-0.25, -0.2) is 4.79 Å². The number of carbonyl (C=O) groups excluding carboxylic acids is 1. The van der Waals surface area contributed by atoms with E-state index in [-0.39, 0.29) is 6.03 Å². The molecule has 1 aliphatic carbocycles. The van der Waals surface area contributed by atoms with E-state index < -0.39 is 0 Å². The van der Waals surface area contributed by atoms with Crippen LogP contribution in [-0.2, 0) is 0 Å². The first-order chi connectivity index (χ1) is 7.79. The highest BCUT2D eigenvalue weighted by molar-refractivity contribution is 5.74. The fourth-order valence-corrected chi connectivity index (χ4v) is 2.71. The van der Waals surface area contributed by atoms with Crippen LogP contribution in [0.2, 0.25) is 0 Å². The smallest absolute Gasteiger partial charge is 0.317 e. The summed E-state index contributed by atoms with van der Waals surface area (Å²) >= 11 is 0. The van der Waals surface area contributed by atoms with E-state index >= 15 is 0 Å². The summed E-state index contributed by atoms with van der Waals surface area (Å²) < 4.78 is 0. The monoisotopic (exact) mass is 225 g/mol. The zero-order chi connectivity index (χ0) is 11.4. The van der Waals surface area contributed by atoms with Crippen LogP contribution >= 0.6 is 0 Å². The standard InChI is InChI=1S/C12H23N3O/c1-13-10-4-6-11(7-5-10)14-12(16)15-8-2-3-9-15/h10-11,13H,2-9H2,1H3,(H,14,16). The summed E-state index contributed by atoms with van der Waals surface area (Å²) in [7, 11) is 2.02. The van der Waals surface area contributed by atoms with Gasteiger partial charge >= 0.3 is 6.03 Å². The van der Waals surface area contributed by atoms with Gasteiger partial charge in [0.1, 0.15) is 0 Å². The van der Waals surface area contributed by atoms with E-state index in [9.17, 15) is 4.79 Å². The largest absolute Gasteiger partial charge is 0.335 e. The van der Waals surface area contributed by atoms with Gasteiger partial charge < -0.3 is 15.5 Å². The van der Waals surface area contributed by atoms with Crippen molar-refractivity contribution < 1.29 is 4.79 Å². The Hall–Kier alpha value is -0.770. The highest BCUT2D eigenvalue weighted by atomic mass is 16.2. The normalized spacial score (nSPS) is 30.4. The van der Waals surface area contributed by atoms with Gasteiger partial charge in [-0.15, -0.1) is 0 Å². The zero-order valence-corrected chi connectivity index (χ0v) is 10.2. The minimum absolute atomic E-state index is 0.158. The van der Waals surface area contributed by atoms with Gasteiger partial charge in [0, 0.05) is 25.2 Å². The molecule has 0 radical (unpaired) electrons. The van der Waals surface area contributed by atoms with E-state index in [4.69, 9.17) is 0 Å². The molecule has 1 saturated heterocycles. The summed E-state index contributed by atoms with van der Waals surface area (Å²) in [5, 5.41) is 6.47. The van der Waals surface area contributed by atoms with Crippen LogP contribution in [0.1, 0.15) is 38.5 Å². The zero-order valence-electron chi connectivity index (χ0n) is 10.2. The van der Waals surface area contributed by atoms with Crippen LogP contribution in [0.4, 0.5) is 4.79 Å². The Morgan fingerprint density at radius 2 is 1.62 bits per heavy atom. The number of nitrogens with one attached hydrogen (secondary N) is 2. The molecule has 4 nitrogen and oxygen atoms in total. The molecule has 0 unspecified atom stereocenters. The molecule has 0 aromatic carbocycles. The Kier molecular flexibility index (Phi) is 4.04. The van der Waals surface area contributed by atoms with Crippen LogP contribution in [0.3, 0.4) is 0 Å². The van der Waals surface area contributed by atoms with Crippen molar-refractivity contribution in [2.75, 3.05) is 20.1 Å². The highest BCUT2D eigenvalue weighted by Crippen LogP contribution is 2.19. The fraction of sp³-hybridized carbons (Fsp3) is 0.917. The van der Waals surface area contributed by atoms with Crippen molar-refractivity contribution in [3.8, 4) is 0 Å². The fourth-order valence-electron chi connectivity index (χ4n) is 2.71. The molecule has 16 heavy (non-hydrogen) atoms. The molecule has 2 fully saturated rings. The van der Waals surface area contributed by atoms with Gasteiger partial charge in [0.2, 0.25) is 0 Å². The number of amides is 2. The second kappa shape index (κ2) is 5.53. The molecule has 0 bridgehead atoms. The van der Waals surface area contributed by atoms with E-state index in [0.29, 0.717) is 12.1 Å². The van der Waals surface area contributed by atoms with Crippen molar-refractivity contribution in [2.24, 2.45) is 0 Å². The maximum Gasteiger partial charge on any atom is 0.317 e. The maximum absolute atomic E-state index is 11.9. The first-order valence-corrected chi connectivity index (χ1v) is 6.52. The van der Waals surface area contributed by atoms with Gasteiger partial charge in [-0.3, -0.25) is 0 Å². The number of urea groups is 1. The quantitative estimate of drug-likeness (QED) is 0.744. The van der Waals surface area contributed by atoms with Crippen LogP contribution in [0.5, 0.6) is 0 Å². The Morgan fingerprint density at radius 1 is 1.06 bits per heavy atom. The maximum atomic E-state index is 11.9. The molecular weight excluding hydrogens is 202 g/mol. The summed E-state index contributed by atoms with van der Waals surface area (Å²) in [6.45, 7) is 1.88. The van der Waals surface area contributed by atoms with Gasteiger partial charge in [0.25, 0.3) is 0 Å². The van der Waals surface area contributed by atoms with Crippen LogP contribution < -0.4 is 10.6 Å². The second-order valence-electron chi connectivity index (χ2n) is 4.98. The molecule has 92 valence electrons. The Balaban J connectivity index is 1.71. The lowest BCUT2D eigenvalue weighted by Gasteiger charge is -2.30. The Bertz CT molecular complexity index is 230. The summed E-state index contributed by atoms with van der Waals surface area (Å²) in [6, 6.07) is 1.21. The molecule has 1 heterocycles. The SMILES string of the molecule is CNC1CCC(NC(=O)N2CCCC2)CC1. The molecule has 0 spiro atoms. The van der Waals surface area contributed by atoms with Crippen LogP contribution in [-0.4, -0.2) is 43.2 Å². The first kappa shape index (κ1) is 11.7. The van der Waals surface area contributed by atoms with E-state index in [2.05, 4.69) is 10.6 Å². The van der Waals surface area contributed by atoms with Crippen molar-refractivity contribution >= 4 is 6.03 Å². The molecule has 2 N–H and O–H groups in total. The van der Waals surface area contributed by atoms with Gasteiger partial charge in [-0.1, -0.05) is 0 Å². The molecule has 2 amide bonds. The van der Waals surface area contributed by atoms with Crippen LogP contribution in [0.15, 0.2) is 0 Å². The summed E-state index contributed by atoms with van der Waals surface area (Å²) in [5.41, 5.74) is 0. The number of nitrogens with zero attached hydrogens (tertiary/aromatic N) is 1. The number of hydrogen-bond acceptors (Lipinski definition) is 2. The molecule has 2 aliphatic rings. The molecular formula is C12H23N3O. The van der Waals surface area contributed by atoms with Crippen molar-refractivity contribution in [2.45, 2.75) is 50.6 Å². The van der Waals surface area contributed by atoms with Gasteiger partial charge in [-0.05, 0) is 45.6 Å². The van der Waals surface area contributed by atoms with Gasteiger partial charge in [-0.2, -0.15) is 0 Å². The topological polar surface area (TPSA) is 44.4 Å². The lowest BCUT2D eigenvalue weighted by atomic mass is 9.91. The van der Waals surface area contributed by atoms with Crippen LogP contribution in [0, 0.1) is 0 Å². The van der Waals surface area contributed by atoms with Crippen molar-refractivity contribution in [3.05, 3.63) is 0 Å². The Labute approximate surface area is 97.8 Å². The number of hydrogen-bond donors (Lipinski definition) is 2. The minimum Gasteiger partial charge on any atom is -0.335 e. The van der Waals surface area contributed by atoms with Gasteiger partial charge in [0.15, 0.2) is 0 Å². The van der Waals surface area contributed by atoms with Crippen molar-refractivity contribution in [3.63, 3.8) is 0 Å². The predicted molar refractivity (Wildman–Crippen MR) is 64.4 cm³/mol. The van der Waals surface area contributed by atoms with E-state index in [1.807, 2.05) is 11.9 Å². The molecule has 0 aromatic heterocycles. The lowest BCUT2D eigenvalue weighted by Crippen LogP contribution is -2.46. The van der Waals surface area contributed by atoms with Crippen LogP contribution in [0.25, 0.3) is 0 Å². The van der Waals surface area contributed by atoms with E-state index in [0.717, 1.165) is 25.9 Å². The average molecular weight is 225 g/mol. The molecule has 0 atom stereocenters. The van der Waals surface area contributed by atoms with Gasteiger partial charge in [0.05, 0.1) is 0 Å². The third-order valence-electron chi connectivity index (χ3n) is 3.86. The van der Waals surface area contributed by atoms with Crippen molar-refractivity contribution in [1.29, 1.82) is 0 Å². The summed E-state index contributed by atoms with van der Waals surface area (Å²) in [5.74, 6) is 0. The molecule has 1 saturated carbocycles. The predicted octanol–water partition coefficient (Wildman–Crippen LogP) is 1.32. The highest BCUT2D eigenvalue weighted by Gasteiger charge is 2.24. The molecule has 1 aliphatic heterocycles. The third kappa shape index (κ3) is 2.88. The number of rotatable bonds is 2. The summed E-state index contributed by atoms with van der Waals surface area (Å²) in [4.78, 5) is 13.8. The first-order valence-electron chi connectivity index (χ1n) is 6.52. The average Bonchev–Trinajstić information content (AvgIpc) is 2.83. The number of carbonyl (C=O) groups is 1. The third-order valence-corrected chi connectivity index (χ3v) is 3.86. The Morgan fingerprint density at radius 3 is 2.19 bits per heavy atom. The lowest BCUT2D eigenvalue weighted by molar-refractivity contribution is 0.198. The molecule has 0 aromatic rings. The summed E-state index contributed by atoms with van der Waals surface area (Å²) in [6.07, 6.45) is 6.93. The molecule has 2 rings (SSSR count).